The number of carboxylic acids is 1. The molecule has 0 fully saturated rings. The largest absolute Gasteiger partial charge is 0.497 e. The molecule has 0 aliphatic carbocycles. The van der Waals surface area contributed by atoms with Crippen molar-refractivity contribution in [2.24, 2.45) is 5.92 Å². The molecular formula is C21H25NO7S. The van der Waals surface area contributed by atoms with E-state index in [9.17, 15) is 18.0 Å². The van der Waals surface area contributed by atoms with Gasteiger partial charge in [-0.2, -0.15) is 4.72 Å². The lowest BCUT2D eigenvalue weighted by molar-refractivity contribution is -0.148. The molecule has 1 atom stereocenters. The topological polar surface area (TPSA) is 119 Å². The van der Waals surface area contributed by atoms with Crippen molar-refractivity contribution >= 4 is 22.0 Å². The zero-order valence-corrected chi connectivity index (χ0v) is 17.8. The second kappa shape index (κ2) is 10.2. The molecule has 0 aromatic heterocycles. The normalized spacial score (nSPS) is 12.4. The maximum absolute atomic E-state index is 13.0. The minimum absolute atomic E-state index is 0.0113. The highest BCUT2D eigenvalue weighted by atomic mass is 32.2. The molecular weight excluding hydrogens is 410 g/mol. The van der Waals surface area contributed by atoms with Crippen LogP contribution in [0.5, 0.6) is 5.75 Å². The third-order valence-electron chi connectivity index (χ3n) is 4.33. The second-order valence-electron chi connectivity index (χ2n) is 6.98. The Bertz CT molecular complexity index is 988. The molecule has 162 valence electrons. The highest BCUT2D eigenvalue weighted by Crippen LogP contribution is 2.23. The fourth-order valence-electron chi connectivity index (χ4n) is 2.75. The van der Waals surface area contributed by atoms with Crippen LogP contribution in [0.3, 0.4) is 0 Å². The van der Waals surface area contributed by atoms with E-state index >= 15 is 0 Å². The van der Waals surface area contributed by atoms with Gasteiger partial charge in [-0.1, -0.05) is 44.2 Å². The average Bonchev–Trinajstić information content (AvgIpc) is 2.70. The molecule has 30 heavy (non-hydrogen) atoms. The van der Waals surface area contributed by atoms with Crippen molar-refractivity contribution in [2.75, 3.05) is 7.11 Å². The van der Waals surface area contributed by atoms with Gasteiger partial charge in [0, 0.05) is 0 Å². The Morgan fingerprint density at radius 2 is 1.77 bits per heavy atom. The first kappa shape index (κ1) is 23.4. The van der Waals surface area contributed by atoms with Crippen molar-refractivity contribution in [1.29, 1.82) is 0 Å². The number of carbonyl (C=O) groups excluding carboxylic acids is 1. The molecule has 0 amide bonds. The Morgan fingerprint density at radius 3 is 2.33 bits per heavy atom. The number of nitrogens with one attached hydrogen (secondary N) is 1. The molecule has 9 heteroatoms. The lowest BCUT2D eigenvalue weighted by atomic mass is 10.1. The van der Waals surface area contributed by atoms with E-state index in [1.54, 1.807) is 38.1 Å². The molecule has 0 bridgehead atoms. The van der Waals surface area contributed by atoms with Crippen molar-refractivity contribution in [3.63, 3.8) is 0 Å². The Hall–Kier alpha value is -2.91. The molecule has 2 aromatic carbocycles. The number of carboxylic acid groups (broad SMARTS) is 1. The van der Waals surface area contributed by atoms with E-state index in [1.807, 2.05) is 6.07 Å². The van der Waals surface area contributed by atoms with Gasteiger partial charge in [-0.3, -0.25) is 9.59 Å². The van der Waals surface area contributed by atoms with E-state index in [0.717, 1.165) is 5.56 Å². The molecule has 0 unspecified atom stereocenters. The quantitative estimate of drug-likeness (QED) is 0.550. The van der Waals surface area contributed by atoms with Crippen molar-refractivity contribution < 1.29 is 32.6 Å². The van der Waals surface area contributed by atoms with Crippen LogP contribution in [0.25, 0.3) is 0 Å². The number of rotatable bonds is 10. The van der Waals surface area contributed by atoms with Gasteiger partial charge in [0.05, 0.1) is 18.4 Å². The lowest BCUT2D eigenvalue weighted by Gasteiger charge is -2.22. The standard InChI is InChI=1S/C21H25NO7S/c1-14(2)20(21(25)29-13-15-7-5-4-6-8-15)22-30(26,27)18-10-9-17(28-3)11-16(18)12-19(23)24/h4-11,14,20,22H,12-13H2,1-3H3,(H,23,24)/t20-/m1/s1. The molecule has 0 radical (unpaired) electrons. The molecule has 2 aromatic rings. The molecule has 0 aliphatic heterocycles. The molecule has 0 aliphatic rings. The average molecular weight is 435 g/mol. The molecule has 2 N–H and O–H groups in total. The monoisotopic (exact) mass is 435 g/mol. The third-order valence-corrected chi connectivity index (χ3v) is 5.87. The summed E-state index contributed by atoms with van der Waals surface area (Å²) in [4.78, 5) is 23.5. The Morgan fingerprint density at radius 1 is 1.10 bits per heavy atom. The van der Waals surface area contributed by atoms with Gasteiger partial charge in [-0.15, -0.1) is 0 Å². The highest BCUT2D eigenvalue weighted by molar-refractivity contribution is 7.89. The first-order valence-electron chi connectivity index (χ1n) is 9.25. The summed E-state index contributed by atoms with van der Waals surface area (Å²) in [5.41, 5.74) is 0.824. The van der Waals surface area contributed by atoms with Crippen LogP contribution in [0.4, 0.5) is 0 Å². The summed E-state index contributed by atoms with van der Waals surface area (Å²) >= 11 is 0. The Kier molecular flexibility index (Phi) is 7.96. The van der Waals surface area contributed by atoms with Gasteiger partial charge in [0.15, 0.2) is 0 Å². The van der Waals surface area contributed by atoms with Crippen LogP contribution in [-0.4, -0.2) is 38.6 Å². The highest BCUT2D eigenvalue weighted by Gasteiger charge is 2.31. The smallest absolute Gasteiger partial charge is 0.324 e. The van der Waals surface area contributed by atoms with Crippen molar-refractivity contribution in [3.05, 3.63) is 59.7 Å². The van der Waals surface area contributed by atoms with Gasteiger partial charge in [0.25, 0.3) is 0 Å². The number of aliphatic carboxylic acids is 1. The summed E-state index contributed by atoms with van der Waals surface area (Å²) in [6, 6.07) is 11.9. The number of sulfonamides is 1. The first-order valence-corrected chi connectivity index (χ1v) is 10.7. The lowest BCUT2D eigenvalue weighted by Crippen LogP contribution is -2.45. The van der Waals surface area contributed by atoms with Gasteiger partial charge < -0.3 is 14.6 Å². The van der Waals surface area contributed by atoms with E-state index in [2.05, 4.69) is 4.72 Å². The number of benzene rings is 2. The first-order chi connectivity index (χ1) is 14.1. The minimum atomic E-state index is -4.20. The van der Waals surface area contributed by atoms with Crippen LogP contribution in [0.15, 0.2) is 53.4 Å². The number of methoxy groups -OCH3 is 1. The van der Waals surface area contributed by atoms with E-state index in [1.165, 1.54) is 25.3 Å². The van der Waals surface area contributed by atoms with E-state index < -0.39 is 40.3 Å². The number of esters is 1. The van der Waals surface area contributed by atoms with Crippen LogP contribution >= 0.6 is 0 Å². The van der Waals surface area contributed by atoms with Crippen molar-refractivity contribution in [3.8, 4) is 5.75 Å². The molecule has 8 nitrogen and oxygen atoms in total. The van der Waals surface area contributed by atoms with Gasteiger partial charge in [-0.25, -0.2) is 8.42 Å². The van der Waals surface area contributed by atoms with Crippen LogP contribution in [0.2, 0.25) is 0 Å². The van der Waals surface area contributed by atoms with Gasteiger partial charge in [-0.05, 0) is 35.2 Å². The van der Waals surface area contributed by atoms with E-state index in [-0.39, 0.29) is 17.1 Å². The third kappa shape index (κ3) is 6.30. The van der Waals surface area contributed by atoms with Crippen molar-refractivity contribution in [2.45, 2.75) is 37.8 Å². The van der Waals surface area contributed by atoms with E-state index in [0.29, 0.717) is 5.75 Å². The maximum Gasteiger partial charge on any atom is 0.324 e. The summed E-state index contributed by atoms with van der Waals surface area (Å²) in [5, 5.41) is 9.13. The SMILES string of the molecule is COc1ccc(S(=O)(=O)N[C@@H](C(=O)OCc2ccccc2)C(C)C)c(CC(=O)O)c1. The summed E-state index contributed by atoms with van der Waals surface area (Å²) in [7, 11) is -2.81. The fourth-order valence-corrected chi connectivity index (χ4v) is 4.30. The van der Waals surface area contributed by atoms with Gasteiger partial charge >= 0.3 is 11.9 Å². The van der Waals surface area contributed by atoms with E-state index in [4.69, 9.17) is 14.6 Å². The zero-order chi connectivity index (χ0) is 22.3. The summed E-state index contributed by atoms with van der Waals surface area (Å²) in [6.45, 7) is 3.38. The predicted molar refractivity (Wildman–Crippen MR) is 110 cm³/mol. The van der Waals surface area contributed by atoms with Crippen LogP contribution < -0.4 is 9.46 Å². The van der Waals surface area contributed by atoms with Crippen molar-refractivity contribution in [1.82, 2.24) is 4.72 Å². The fraction of sp³-hybridized carbons (Fsp3) is 0.333. The Balaban J connectivity index is 2.25. The number of hydrogen-bond donors (Lipinski definition) is 2. The molecule has 0 heterocycles. The zero-order valence-electron chi connectivity index (χ0n) is 17.0. The maximum atomic E-state index is 13.0. The summed E-state index contributed by atoms with van der Waals surface area (Å²) in [5.74, 6) is -1.98. The molecule has 0 saturated heterocycles. The van der Waals surface area contributed by atoms with Gasteiger partial charge in [0.2, 0.25) is 10.0 Å². The number of hydrogen-bond acceptors (Lipinski definition) is 6. The van der Waals surface area contributed by atoms with Crippen LogP contribution in [0.1, 0.15) is 25.0 Å². The predicted octanol–water partition coefficient (Wildman–Crippen LogP) is 2.37. The van der Waals surface area contributed by atoms with Gasteiger partial charge in [0.1, 0.15) is 18.4 Å². The molecule has 2 rings (SSSR count). The molecule has 0 saturated carbocycles. The number of carbonyl (C=O) groups is 2. The Labute approximate surface area is 175 Å². The summed E-state index contributed by atoms with van der Waals surface area (Å²) < 4.78 is 38.6. The van der Waals surface area contributed by atoms with Crippen LogP contribution in [0, 0.1) is 5.92 Å². The van der Waals surface area contributed by atoms with Crippen LogP contribution in [-0.2, 0) is 37.4 Å². The summed E-state index contributed by atoms with van der Waals surface area (Å²) in [6.07, 6.45) is -0.516. The number of ether oxygens (including phenoxy) is 2. The molecule has 0 spiro atoms. The second-order valence-corrected chi connectivity index (χ2v) is 8.66. The minimum Gasteiger partial charge on any atom is -0.497 e.